The third-order valence-electron chi connectivity index (χ3n) is 8.28. The minimum absolute atomic E-state index is 0.00374. The molecule has 1 aliphatic heterocycles. The Balaban J connectivity index is 1.47. The summed E-state index contributed by atoms with van der Waals surface area (Å²) in [5.74, 6) is -5.16. The van der Waals surface area contributed by atoms with Crippen molar-refractivity contribution in [3.63, 3.8) is 0 Å². The number of benzene rings is 3. The van der Waals surface area contributed by atoms with Gasteiger partial charge in [-0.2, -0.15) is 0 Å². The molecule has 2 N–H and O–H groups in total. The number of hydrogen-bond donors (Lipinski definition) is 2. The molecule has 0 spiro atoms. The van der Waals surface area contributed by atoms with Crippen LogP contribution in [0.5, 0.6) is 0 Å². The summed E-state index contributed by atoms with van der Waals surface area (Å²) in [4.78, 5) is 29.2. The molecule has 1 saturated carbocycles. The number of alkyl halides is 2. The van der Waals surface area contributed by atoms with Gasteiger partial charge in [0.15, 0.2) is 0 Å². The summed E-state index contributed by atoms with van der Waals surface area (Å²) in [5, 5.41) is 6.37. The van der Waals surface area contributed by atoms with Gasteiger partial charge in [-0.25, -0.2) is 13.2 Å². The molecular weight excluding hydrogens is 527 g/mol. The van der Waals surface area contributed by atoms with Gasteiger partial charge in [-0.15, -0.1) is 0 Å². The lowest BCUT2D eigenvalue weighted by Crippen LogP contribution is -2.46. The lowest BCUT2D eigenvalue weighted by atomic mass is 9.83. The molecule has 216 valence electrons. The topological polar surface area (TPSA) is 61.4 Å². The number of likely N-dealkylation sites (tertiary alicyclic amines) is 1. The zero-order chi connectivity index (χ0) is 29.1. The van der Waals surface area contributed by atoms with Gasteiger partial charge < -0.3 is 15.5 Å². The Bertz CT molecular complexity index is 1380. The van der Waals surface area contributed by atoms with Crippen LogP contribution in [0.15, 0.2) is 66.7 Å². The van der Waals surface area contributed by atoms with Crippen LogP contribution < -0.4 is 10.6 Å². The first-order valence-electron chi connectivity index (χ1n) is 14.3. The number of hydrogen-bond acceptors (Lipinski definition) is 3. The first-order chi connectivity index (χ1) is 19.6. The van der Waals surface area contributed by atoms with E-state index in [1.165, 1.54) is 37.1 Å². The Labute approximate surface area is 239 Å². The maximum absolute atomic E-state index is 14.9. The van der Waals surface area contributed by atoms with E-state index in [4.69, 9.17) is 0 Å². The predicted molar refractivity (Wildman–Crippen MR) is 155 cm³/mol. The van der Waals surface area contributed by atoms with Gasteiger partial charge in [0, 0.05) is 36.4 Å². The molecule has 2 aliphatic rings. The lowest BCUT2D eigenvalue weighted by Gasteiger charge is -2.41. The molecule has 0 bridgehead atoms. The second-order valence-electron chi connectivity index (χ2n) is 11.3. The fourth-order valence-electron chi connectivity index (χ4n) is 6.14. The summed E-state index contributed by atoms with van der Waals surface area (Å²) in [5.41, 5.74) is 2.31. The molecule has 5 nitrogen and oxygen atoms in total. The number of anilines is 2. The molecule has 1 saturated heterocycles. The van der Waals surface area contributed by atoms with E-state index in [1.807, 2.05) is 24.3 Å². The van der Waals surface area contributed by atoms with E-state index in [0.29, 0.717) is 31.0 Å². The van der Waals surface area contributed by atoms with Crippen LogP contribution in [-0.2, 0) is 10.7 Å². The monoisotopic (exact) mass is 563 g/mol. The smallest absolute Gasteiger partial charge is 0.270 e. The van der Waals surface area contributed by atoms with Gasteiger partial charge in [0.25, 0.3) is 11.8 Å². The molecule has 8 heteroatoms. The molecule has 41 heavy (non-hydrogen) atoms. The van der Waals surface area contributed by atoms with Gasteiger partial charge in [0.05, 0.1) is 17.5 Å². The second-order valence-corrected chi connectivity index (χ2v) is 11.3. The average molecular weight is 564 g/mol. The quantitative estimate of drug-likeness (QED) is 0.308. The number of halogens is 3. The Morgan fingerprint density at radius 2 is 1.61 bits per heavy atom. The van der Waals surface area contributed by atoms with Crippen LogP contribution in [0.3, 0.4) is 0 Å². The fraction of sp³-hybridized carbons (Fsp3) is 0.394. The van der Waals surface area contributed by atoms with Crippen LogP contribution in [0.4, 0.5) is 24.5 Å². The van der Waals surface area contributed by atoms with Crippen LogP contribution in [0.2, 0.25) is 0 Å². The van der Waals surface area contributed by atoms with Crippen LogP contribution in [-0.4, -0.2) is 29.3 Å². The van der Waals surface area contributed by atoms with E-state index in [-0.39, 0.29) is 22.7 Å². The molecular formula is C33H36F3N3O2. The van der Waals surface area contributed by atoms with Gasteiger partial charge in [-0.3, -0.25) is 9.59 Å². The largest absolute Gasteiger partial charge is 0.382 e. The molecule has 2 amide bonds. The summed E-state index contributed by atoms with van der Waals surface area (Å²) in [6.45, 7) is 2.87. The van der Waals surface area contributed by atoms with Gasteiger partial charge in [0.1, 0.15) is 5.82 Å². The normalized spacial score (nSPS) is 19.7. The average Bonchev–Trinajstić information content (AvgIpc) is 3.46. The number of nitrogens with zero attached hydrogens (tertiary/aromatic N) is 1. The number of piperidine rings is 1. The van der Waals surface area contributed by atoms with Crippen LogP contribution in [0.1, 0.15) is 78.5 Å². The van der Waals surface area contributed by atoms with Crippen molar-refractivity contribution >= 4 is 23.2 Å². The van der Waals surface area contributed by atoms with E-state index in [1.54, 1.807) is 30.0 Å². The van der Waals surface area contributed by atoms with Crippen LogP contribution >= 0.6 is 0 Å². The Kier molecular flexibility index (Phi) is 8.38. The van der Waals surface area contributed by atoms with Crippen molar-refractivity contribution in [2.24, 2.45) is 5.92 Å². The van der Waals surface area contributed by atoms with Gasteiger partial charge in [-0.1, -0.05) is 49.2 Å². The van der Waals surface area contributed by atoms with Crippen molar-refractivity contribution < 1.29 is 22.8 Å². The number of aryl methyl sites for hydroxylation is 1. The van der Waals surface area contributed by atoms with E-state index >= 15 is 0 Å². The minimum atomic E-state index is -3.05. The fourth-order valence-corrected chi connectivity index (χ4v) is 6.14. The van der Waals surface area contributed by atoms with Crippen molar-refractivity contribution in [2.75, 3.05) is 17.2 Å². The predicted octanol–water partition coefficient (Wildman–Crippen LogP) is 7.83. The highest BCUT2D eigenvalue weighted by atomic mass is 19.3. The molecule has 1 unspecified atom stereocenters. The van der Waals surface area contributed by atoms with Gasteiger partial charge >= 0.3 is 0 Å². The highest BCUT2D eigenvalue weighted by Gasteiger charge is 2.40. The third kappa shape index (κ3) is 6.42. The van der Waals surface area contributed by atoms with E-state index in [0.717, 1.165) is 31.0 Å². The summed E-state index contributed by atoms with van der Waals surface area (Å²) in [6, 6.07) is 17.7. The molecule has 1 heterocycles. The first-order valence-corrected chi connectivity index (χ1v) is 14.3. The van der Waals surface area contributed by atoms with Crippen LogP contribution in [0, 0.1) is 18.7 Å². The molecule has 2 fully saturated rings. The number of rotatable bonds is 7. The highest BCUT2D eigenvalue weighted by molar-refractivity contribution is 5.98. The number of carbonyl (C=O) groups excluding carboxylic acids is 2. The van der Waals surface area contributed by atoms with Crippen LogP contribution in [0.25, 0.3) is 0 Å². The molecule has 0 radical (unpaired) electrons. The highest BCUT2D eigenvalue weighted by Crippen LogP contribution is 2.39. The van der Waals surface area contributed by atoms with Gasteiger partial charge in [0.2, 0.25) is 5.91 Å². The molecule has 1 aliphatic carbocycles. The van der Waals surface area contributed by atoms with Crippen molar-refractivity contribution in [3.8, 4) is 0 Å². The van der Waals surface area contributed by atoms with E-state index in [2.05, 4.69) is 10.6 Å². The first kappa shape index (κ1) is 28.7. The number of carbonyl (C=O) groups is 2. The zero-order valence-electron chi connectivity index (χ0n) is 23.4. The summed E-state index contributed by atoms with van der Waals surface area (Å²) in [6.07, 6.45) is 5.70. The molecule has 2 atom stereocenters. The number of amides is 2. The van der Waals surface area contributed by atoms with Gasteiger partial charge in [-0.05, 0) is 74.1 Å². The maximum Gasteiger partial charge on any atom is 0.270 e. The molecule has 3 aromatic carbocycles. The van der Waals surface area contributed by atoms with Crippen molar-refractivity contribution in [3.05, 3.63) is 94.8 Å². The summed E-state index contributed by atoms with van der Waals surface area (Å²) >= 11 is 0. The van der Waals surface area contributed by atoms with E-state index < -0.39 is 29.6 Å². The second kappa shape index (κ2) is 12.0. The molecule has 5 rings (SSSR count). The third-order valence-corrected chi connectivity index (χ3v) is 8.28. The summed E-state index contributed by atoms with van der Waals surface area (Å²) in [7, 11) is 0. The Morgan fingerprint density at radius 3 is 2.29 bits per heavy atom. The summed E-state index contributed by atoms with van der Waals surface area (Å²) < 4.78 is 42.8. The Morgan fingerprint density at radius 1 is 0.902 bits per heavy atom. The van der Waals surface area contributed by atoms with Crippen molar-refractivity contribution in [2.45, 2.75) is 70.4 Å². The maximum atomic E-state index is 14.9. The lowest BCUT2D eigenvalue weighted by molar-refractivity contribution is -0.123. The number of nitrogens with one attached hydrogen (secondary N) is 2. The Hall–Kier alpha value is -3.81. The molecule has 0 aromatic heterocycles. The van der Waals surface area contributed by atoms with Crippen molar-refractivity contribution in [1.29, 1.82) is 0 Å². The van der Waals surface area contributed by atoms with Crippen molar-refractivity contribution in [1.82, 2.24) is 4.90 Å². The zero-order valence-corrected chi connectivity index (χ0v) is 23.4. The minimum Gasteiger partial charge on any atom is -0.382 e. The van der Waals surface area contributed by atoms with E-state index in [9.17, 15) is 22.8 Å². The standard InChI is InChI=1S/C33H36F3N3O2/c1-21-8-5-14-28(34)29(21)32(41)39-19-7-13-27(31(40)38-26-12-6-9-23(20-26)33(2,35)36)30(39)22-15-17-25(18-16-22)37-24-10-3-4-11-24/h5-6,8-9,12,14-18,20,24,27,30,37H,3-4,7,10-11,13,19H2,1-2H3,(H,38,40)/t27-,30?/m0/s1. The molecule has 3 aromatic rings. The SMILES string of the molecule is Cc1cccc(F)c1C(=O)N1CCC[C@H](C(=O)Nc2cccc(C(C)(F)F)c2)C1c1ccc(NC2CCCC2)cc1.